The van der Waals surface area contributed by atoms with Gasteiger partial charge in [0.1, 0.15) is 5.82 Å². The number of benzene rings is 2. The van der Waals surface area contributed by atoms with Crippen LogP contribution in [-0.4, -0.2) is 9.49 Å². The van der Waals surface area contributed by atoms with E-state index in [1.165, 1.54) is 24.3 Å². The number of hydrogen-bond donors (Lipinski definition) is 0. The van der Waals surface area contributed by atoms with Crippen LogP contribution in [0.25, 0.3) is 10.9 Å². The van der Waals surface area contributed by atoms with E-state index in [-0.39, 0.29) is 17.9 Å². The van der Waals surface area contributed by atoms with Gasteiger partial charge in [-0.05, 0) is 24.3 Å². The Kier molecular flexibility index (Phi) is 3.13. The SMILES string of the molecule is O=[N+]([O-])c1cccc(Cn2ccc3cc(F)ccc32)c1F. The van der Waals surface area contributed by atoms with Crippen LogP contribution in [0.15, 0.2) is 48.7 Å². The van der Waals surface area contributed by atoms with E-state index in [1.807, 2.05) is 0 Å². The fraction of sp³-hybridized carbons (Fsp3) is 0.0667. The van der Waals surface area contributed by atoms with Crippen LogP contribution in [0.3, 0.4) is 0 Å². The van der Waals surface area contributed by atoms with Crippen LogP contribution < -0.4 is 0 Å². The second-order valence-electron chi connectivity index (χ2n) is 4.65. The number of aromatic nitrogens is 1. The molecular formula is C15H10F2N2O2. The molecule has 0 saturated carbocycles. The highest BCUT2D eigenvalue weighted by Crippen LogP contribution is 2.23. The summed E-state index contributed by atoms with van der Waals surface area (Å²) in [5.41, 5.74) is 0.406. The second-order valence-corrected chi connectivity index (χ2v) is 4.65. The lowest BCUT2D eigenvalue weighted by molar-refractivity contribution is -0.387. The number of nitro groups is 1. The summed E-state index contributed by atoms with van der Waals surface area (Å²) in [5.74, 6) is -1.19. The van der Waals surface area contributed by atoms with Crippen LogP contribution in [0.4, 0.5) is 14.5 Å². The van der Waals surface area contributed by atoms with Gasteiger partial charge < -0.3 is 4.57 Å². The maximum atomic E-state index is 14.1. The van der Waals surface area contributed by atoms with E-state index < -0.39 is 16.4 Å². The van der Waals surface area contributed by atoms with Crippen LogP contribution in [-0.2, 0) is 6.54 Å². The summed E-state index contributed by atoms with van der Waals surface area (Å²) in [6.07, 6.45) is 1.70. The van der Waals surface area contributed by atoms with Crippen molar-refractivity contribution in [3.8, 4) is 0 Å². The van der Waals surface area contributed by atoms with E-state index >= 15 is 0 Å². The van der Waals surface area contributed by atoms with Crippen molar-refractivity contribution >= 4 is 16.6 Å². The number of nitrogens with zero attached hydrogens (tertiary/aromatic N) is 2. The Hall–Kier alpha value is -2.76. The summed E-state index contributed by atoms with van der Waals surface area (Å²) in [4.78, 5) is 10.00. The minimum absolute atomic E-state index is 0.142. The monoisotopic (exact) mass is 288 g/mol. The van der Waals surface area contributed by atoms with Gasteiger partial charge in [0.25, 0.3) is 0 Å². The van der Waals surface area contributed by atoms with Gasteiger partial charge in [0.15, 0.2) is 0 Å². The average Bonchev–Trinajstić information content (AvgIpc) is 2.83. The molecule has 0 saturated heterocycles. The molecule has 1 heterocycles. The molecule has 0 aliphatic heterocycles. The molecule has 0 unspecified atom stereocenters. The van der Waals surface area contributed by atoms with Crippen LogP contribution in [0, 0.1) is 21.7 Å². The maximum Gasteiger partial charge on any atom is 0.305 e. The first-order chi connectivity index (χ1) is 10.1. The van der Waals surface area contributed by atoms with Crippen molar-refractivity contribution in [3.63, 3.8) is 0 Å². The van der Waals surface area contributed by atoms with E-state index in [4.69, 9.17) is 0 Å². The van der Waals surface area contributed by atoms with Gasteiger partial charge in [-0.15, -0.1) is 0 Å². The fourth-order valence-corrected chi connectivity index (χ4v) is 2.32. The van der Waals surface area contributed by atoms with E-state index in [1.54, 1.807) is 22.9 Å². The van der Waals surface area contributed by atoms with Crippen molar-refractivity contribution in [3.05, 3.63) is 76.0 Å². The van der Waals surface area contributed by atoms with Crippen molar-refractivity contribution in [1.82, 2.24) is 4.57 Å². The minimum Gasteiger partial charge on any atom is -0.343 e. The molecule has 0 spiro atoms. The average molecular weight is 288 g/mol. The molecule has 4 nitrogen and oxygen atoms in total. The topological polar surface area (TPSA) is 48.1 Å². The molecule has 0 atom stereocenters. The molecule has 3 rings (SSSR count). The molecule has 21 heavy (non-hydrogen) atoms. The Morgan fingerprint density at radius 2 is 1.95 bits per heavy atom. The van der Waals surface area contributed by atoms with Gasteiger partial charge in [0, 0.05) is 28.7 Å². The Bertz CT molecular complexity index is 843. The molecule has 3 aromatic rings. The zero-order chi connectivity index (χ0) is 15.0. The Labute approximate surface area is 118 Å². The summed E-state index contributed by atoms with van der Waals surface area (Å²) in [5, 5.41) is 11.4. The van der Waals surface area contributed by atoms with Crippen molar-refractivity contribution in [1.29, 1.82) is 0 Å². The predicted octanol–water partition coefficient (Wildman–Crippen LogP) is 3.88. The van der Waals surface area contributed by atoms with Crippen LogP contribution in [0.5, 0.6) is 0 Å². The van der Waals surface area contributed by atoms with Crippen molar-refractivity contribution in [2.75, 3.05) is 0 Å². The van der Waals surface area contributed by atoms with Gasteiger partial charge in [-0.1, -0.05) is 12.1 Å². The van der Waals surface area contributed by atoms with Crippen LogP contribution in [0.1, 0.15) is 5.56 Å². The van der Waals surface area contributed by atoms with E-state index in [9.17, 15) is 18.9 Å². The molecule has 1 aromatic heterocycles. The first kappa shape index (κ1) is 13.2. The molecule has 0 radical (unpaired) electrons. The highest BCUT2D eigenvalue weighted by Gasteiger charge is 2.17. The smallest absolute Gasteiger partial charge is 0.305 e. The van der Waals surface area contributed by atoms with Crippen LogP contribution >= 0.6 is 0 Å². The first-order valence-corrected chi connectivity index (χ1v) is 6.22. The molecule has 0 aliphatic carbocycles. The molecule has 2 aromatic carbocycles. The number of halogens is 2. The molecule has 0 aliphatic rings. The molecule has 106 valence electrons. The Morgan fingerprint density at radius 3 is 2.71 bits per heavy atom. The molecule has 0 bridgehead atoms. The van der Waals surface area contributed by atoms with Gasteiger partial charge in [0.2, 0.25) is 5.82 Å². The summed E-state index contributed by atoms with van der Waals surface area (Å²) in [6, 6.07) is 10.1. The van der Waals surface area contributed by atoms with Crippen LogP contribution in [0.2, 0.25) is 0 Å². The lowest BCUT2D eigenvalue weighted by Crippen LogP contribution is -2.03. The normalized spacial score (nSPS) is 11.0. The standard InChI is InChI=1S/C15H10F2N2O2/c16-12-4-5-13-10(8-12)6-7-18(13)9-11-2-1-3-14(15(11)17)19(20)21/h1-8H,9H2. The third-order valence-corrected chi connectivity index (χ3v) is 3.33. The van der Waals surface area contributed by atoms with Gasteiger partial charge in [0.05, 0.1) is 11.5 Å². The summed E-state index contributed by atoms with van der Waals surface area (Å²) in [7, 11) is 0. The van der Waals surface area contributed by atoms with Gasteiger partial charge in [-0.3, -0.25) is 10.1 Å². The lowest BCUT2D eigenvalue weighted by Gasteiger charge is -2.07. The second kappa shape index (κ2) is 4.97. The molecule has 0 fully saturated rings. The molecule has 6 heteroatoms. The molecule has 0 amide bonds. The third kappa shape index (κ3) is 2.35. The minimum atomic E-state index is -0.841. The zero-order valence-electron chi connectivity index (χ0n) is 10.8. The Balaban J connectivity index is 2.03. The predicted molar refractivity (Wildman–Crippen MR) is 74.1 cm³/mol. The van der Waals surface area contributed by atoms with Crippen molar-refractivity contribution in [2.45, 2.75) is 6.54 Å². The first-order valence-electron chi connectivity index (χ1n) is 6.22. The van der Waals surface area contributed by atoms with Crippen molar-refractivity contribution in [2.24, 2.45) is 0 Å². The zero-order valence-corrected chi connectivity index (χ0v) is 10.8. The molecule has 0 N–H and O–H groups in total. The molecular weight excluding hydrogens is 278 g/mol. The van der Waals surface area contributed by atoms with Crippen molar-refractivity contribution < 1.29 is 13.7 Å². The van der Waals surface area contributed by atoms with Gasteiger partial charge in [-0.2, -0.15) is 4.39 Å². The highest BCUT2D eigenvalue weighted by atomic mass is 19.1. The number of hydrogen-bond acceptors (Lipinski definition) is 2. The fourth-order valence-electron chi connectivity index (χ4n) is 2.32. The number of nitro benzene ring substituents is 1. The summed E-state index contributed by atoms with van der Waals surface area (Å²) in [6.45, 7) is 0.142. The quantitative estimate of drug-likeness (QED) is 0.542. The maximum absolute atomic E-state index is 14.1. The largest absolute Gasteiger partial charge is 0.343 e. The number of fused-ring (bicyclic) bond motifs is 1. The van der Waals surface area contributed by atoms with Gasteiger partial charge in [-0.25, -0.2) is 4.39 Å². The highest BCUT2D eigenvalue weighted by molar-refractivity contribution is 5.80. The summed E-state index contributed by atoms with van der Waals surface area (Å²) < 4.78 is 28.9. The Morgan fingerprint density at radius 1 is 1.14 bits per heavy atom. The van der Waals surface area contributed by atoms with E-state index in [0.717, 1.165) is 11.6 Å². The lowest BCUT2D eigenvalue weighted by atomic mass is 10.2. The van der Waals surface area contributed by atoms with Gasteiger partial charge >= 0.3 is 5.69 Å². The van der Waals surface area contributed by atoms with E-state index in [2.05, 4.69) is 0 Å². The summed E-state index contributed by atoms with van der Waals surface area (Å²) >= 11 is 0. The third-order valence-electron chi connectivity index (χ3n) is 3.33. The van der Waals surface area contributed by atoms with E-state index in [0.29, 0.717) is 5.39 Å². The number of rotatable bonds is 3.